The zero-order valence-electron chi connectivity index (χ0n) is 19.3. The van der Waals surface area contributed by atoms with Gasteiger partial charge in [0.15, 0.2) is 0 Å². The van der Waals surface area contributed by atoms with E-state index in [2.05, 4.69) is 0 Å². The molecular weight excluding hydrogens is 444 g/mol. The number of para-hydroxylation sites is 1. The summed E-state index contributed by atoms with van der Waals surface area (Å²) in [4.78, 5) is 30.7. The Labute approximate surface area is 204 Å². The van der Waals surface area contributed by atoms with Gasteiger partial charge in [-0.3, -0.25) is 9.59 Å². The van der Waals surface area contributed by atoms with Crippen LogP contribution in [0.2, 0.25) is 0 Å². The molecule has 2 aliphatic heterocycles. The number of piperidine rings is 2. The Kier molecular flexibility index (Phi) is 6.90. The molecule has 0 saturated carbocycles. The van der Waals surface area contributed by atoms with Crippen molar-refractivity contribution in [2.75, 3.05) is 26.2 Å². The molecule has 0 aliphatic carbocycles. The summed E-state index contributed by atoms with van der Waals surface area (Å²) in [5, 5.41) is 6.83. The van der Waals surface area contributed by atoms with Crippen molar-refractivity contribution in [1.82, 2.24) is 19.6 Å². The van der Waals surface area contributed by atoms with Gasteiger partial charge in [0.1, 0.15) is 5.69 Å². The number of benzene rings is 1. The minimum absolute atomic E-state index is 0.00605. The van der Waals surface area contributed by atoms with Crippen LogP contribution < -0.4 is 0 Å². The van der Waals surface area contributed by atoms with Crippen LogP contribution in [0.4, 0.5) is 0 Å². The van der Waals surface area contributed by atoms with Gasteiger partial charge < -0.3 is 9.80 Å². The molecule has 5 rings (SSSR count). The first-order valence-electron chi connectivity index (χ1n) is 12.1. The normalized spacial score (nSPS) is 17.4. The smallest absolute Gasteiger partial charge is 0.246 e. The molecule has 2 aliphatic rings. The summed E-state index contributed by atoms with van der Waals surface area (Å²) in [6.45, 7) is 3.05. The molecule has 2 aromatic heterocycles. The van der Waals surface area contributed by atoms with E-state index < -0.39 is 0 Å². The molecule has 2 saturated heterocycles. The van der Waals surface area contributed by atoms with E-state index in [9.17, 15) is 9.59 Å². The van der Waals surface area contributed by atoms with E-state index in [0.717, 1.165) is 60.6 Å². The number of carbonyl (C=O) groups is 2. The fourth-order valence-electron chi connectivity index (χ4n) is 4.81. The molecule has 0 spiro atoms. The van der Waals surface area contributed by atoms with Crippen molar-refractivity contribution in [3.63, 3.8) is 0 Å². The highest BCUT2D eigenvalue weighted by molar-refractivity contribution is 7.13. The van der Waals surface area contributed by atoms with E-state index in [1.165, 1.54) is 6.42 Å². The second-order valence-corrected chi connectivity index (χ2v) is 9.96. The molecular formula is C27H30N4O2S. The van der Waals surface area contributed by atoms with Crippen molar-refractivity contribution < 1.29 is 9.59 Å². The van der Waals surface area contributed by atoms with Crippen LogP contribution in [0.25, 0.3) is 22.3 Å². The first-order valence-corrected chi connectivity index (χ1v) is 13.0. The van der Waals surface area contributed by atoms with Gasteiger partial charge >= 0.3 is 0 Å². The molecule has 6 nitrogen and oxygen atoms in total. The second kappa shape index (κ2) is 10.4. The van der Waals surface area contributed by atoms with Gasteiger partial charge in [-0.2, -0.15) is 5.10 Å². The molecule has 0 N–H and O–H groups in total. The Morgan fingerprint density at radius 2 is 1.68 bits per heavy atom. The molecule has 0 unspecified atom stereocenters. The lowest BCUT2D eigenvalue weighted by molar-refractivity contribution is -0.140. The Morgan fingerprint density at radius 3 is 2.38 bits per heavy atom. The molecule has 0 radical (unpaired) electrons. The Bertz CT molecular complexity index is 1140. The fourth-order valence-corrected chi connectivity index (χ4v) is 5.54. The number of thiophene rings is 1. The third-order valence-electron chi connectivity index (χ3n) is 6.75. The highest BCUT2D eigenvalue weighted by atomic mass is 32.1. The van der Waals surface area contributed by atoms with Crippen molar-refractivity contribution in [3.05, 3.63) is 65.7 Å². The molecule has 0 bridgehead atoms. The predicted molar refractivity (Wildman–Crippen MR) is 136 cm³/mol. The number of nitrogens with zero attached hydrogens (tertiary/aromatic N) is 4. The summed E-state index contributed by atoms with van der Waals surface area (Å²) in [6, 6.07) is 14.0. The summed E-state index contributed by atoms with van der Waals surface area (Å²) in [7, 11) is 0. The number of hydrogen-bond acceptors (Lipinski definition) is 4. The van der Waals surface area contributed by atoms with Crippen molar-refractivity contribution in [2.24, 2.45) is 5.92 Å². The summed E-state index contributed by atoms with van der Waals surface area (Å²) >= 11 is 1.63. The van der Waals surface area contributed by atoms with Gasteiger partial charge in [-0.05, 0) is 61.8 Å². The van der Waals surface area contributed by atoms with Crippen LogP contribution in [0.15, 0.2) is 60.1 Å². The second-order valence-electron chi connectivity index (χ2n) is 9.01. The van der Waals surface area contributed by atoms with Crippen LogP contribution in [0.5, 0.6) is 0 Å². The zero-order valence-corrected chi connectivity index (χ0v) is 20.1. The minimum atomic E-state index is -0.00605. The lowest BCUT2D eigenvalue weighted by atomic mass is 9.94. The van der Waals surface area contributed by atoms with Gasteiger partial charge in [0.25, 0.3) is 0 Å². The molecule has 2 amide bonds. The number of amides is 2. The van der Waals surface area contributed by atoms with Crippen molar-refractivity contribution in [1.29, 1.82) is 0 Å². The first kappa shape index (κ1) is 22.6. The monoisotopic (exact) mass is 474 g/mol. The van der Waals surface area contributed by atoms with Crippen LogP contribution in [-0.2, 0) is 9.59 Å². The van der Waals surface area contributed by atoms with Crippen LogP contribution >= 0.6 is 11.3 Å². The van der Waals surface area contributed by atoms with E-state index in [0.29, 0.717) is 13.1 Å². The SMILES string of the molecule is O=C(/C=C/c1cn(-c2ccccc2)nc1-c1cccs1)N1CCC(C(=O)N2CCCCC2)CC1. The maximum Gasteiger partial charge on any atom is 0.246 e. The molecule has 2 fully saturated rings. The number of likely N-dealkylation sites (tertiary alicyclic amines) is 2. The van der Waals surface area contributed by atoms with E-state index in [-0.39, 0.29) is 17.7 Å². The van der Waals surface area contributed by atoms with Gasteiger partial charge in [0, 0.05) is 49.9 Å². The molecule has 0 atom stereocenters. The molecule has 3 aromatic rings. The highest BCUT2D eigenvalue weighted by Crippen LogP contribution is 2.29. The first-order chi connectivity index (χ1) is 16.7. The Morgan fingerprint density at radius 1 is 0.912 bits per heavy atom. The number of hydrogen-bond donors (Lipinski definition) is 0. The molecule has 176 valence electrons. The number of aromatic nitrogens is 2. The standard InChI is InChI=1S/C27H30N4O2S/c32-25(29-17-13-21(14-18-29)27(33)30-15-5-2-6-16-30)12-11-22-20-31(23-8-3-1-4-9-23)28-26(22)24-10-7-19-34-24/h1,3-4,7-12,19-21H,2,5-6,13-18H2/b12-11+. The van der Waals surface area contributed by atoms with Gasteiger partial charge in [0.05, 0.1) is 10.6 Å². The molecule has 4 heterocycles. The third kappa shape index (κ3) is 4.99. The summed E-state index contributed by atoms with van der Waals surface area (Å²) in [6.07, 6.45) is 10.4. The van der Waals surface area contributed by atoms with E-state index >= 15 is 0 Å². The highest BCUT2D eigenvalue weighted by Gasteiger charge is 2.30. The van der Waals surface area contributed by atoms with Crippen LogP contribution in [0.3, 0.4) is 0 Å². The fraction of sp³-hybridized carbons (Fsp3) is 0.370. The van der Waals surface area contributed by atoms with Gasteiger partial charge in [-0.15, -0.1) is 11.3 Å². The average Bonchev–Trinajstić information content (AvgIpc) is 3.58. The third-order valence-corrected chi connectivity index (χ3v) is 7.62. The summed E-state index contributed by atoms with van der Waals surface area (Å²) < 4.78 is 1.86. The van der Waals surface area contributed by atoms with Crippen molar-refractivity contribution in [3.8, 4) is 16.3 Å². The number of carbonyl (C=O) groups excluding carboxylic acids is 2. The van der Waals surface area contributed by atoms with Gasteiger partial charge in [-0.1, -0.05) is 24.3 Å². The maximum atomic E-state index is 12.9. The molecule has 34 heavy (non-hydrogen) atoms. The zero-order chi connectivity index (χ0) is 23.3. The van der Waals surface area contributed by atoms with Crippen LogP contribution in [0.1, 0.15) is 37.7 Å². The average molecular weight is 475 g/mol. The maximum absolute atomic E-state index is 12.9. The van der Waals surface area contributed by atoms with Crippen molar-refractivity contribution >= 4 is 29.2 Å². The van der Waals surface area contributed by atoms with Crippen LogP contribution in [0, 0.1) is 5.92 Å². The quantitative estimate of drug-likeness (QED) is 0.496. The number of rotatable bonds is 5. The summed E-state index contributed by atoms with van der Waals surface area (Å²) in [5.74, 6) is 0.338. The predicted octanol–water partition coefficient (Wildman–Crippen LogP) is 4.87. The Balaban J connectivity index is 1.26. The topological polar surface area (TPSA) is 58.4 Å². The van der Waals surface area contributed by atoms with E-state index in [4.69, 9.17) is 5.10 Å². The molecule has 7 heteroatoms. The van der Waals surface area contributed by atoms with Gasteiger partial charge in [-0.25, -0.2) is 4.68 Å². The lowest BCUT2D eigenvalue weighted by Crippen LogP contribution is -2.45. The van der Waals surface area contributed by atoms with E-state index in [1.807, 2.05) is 74.6 Å². The summed E-state index contributed by atoms with van der Waals surface area (Å²) in [5.41, 5.74) is 2.76. The van der Waals surface area contributed by atoms with Gasteiger partial charge in [0.2, 0.25) is 11.8 Å². The molecule has 1 aromatic carbocycles. The van der Waals surface area contributed by atoms with Crippen LogP contribution in [-0.4, -0.2) is 57.6 Å². The van der Waals surface area contributed by atoms with E-state index in [1.54, 1.807) is 17.4 Å². The minimum Gasteiger partial charge on any atom is -0.342 e. The Hall–Kier alpha value is -3.19. The lowest BCUT2D eigenvalue weighted by Gasteiger charge is -2.35. The largest absolute Gasteiger partial charge is 0.342 e. The van der Waals surface area contributed by atoms with Crippen molar-refractivity contribution in [2.45, 2.75) is 32.1 Å².